The van der Waals surface area contributed by atoms with Gasteiger partial charge >= 0.3 is 0 Å². The third kappa shape index (κ3) is 5.72. The van der Waals surface area contributed by atoms with E-state index in [1.54, 1.807) is 0 Å². The van der Waals surface area contributed by atoms with E-state index in [1.165, 1.54) is 24.0 Å². The van der Waals surface area contributed by atoms with Crippen LogP contribution in [0.5, 0.6) is 0 Å². The van der Waals surface area contributed by atoms with Gasteiger partial charge in [0.2, 0.25) is 5.91 Å². The molecule has 0 spiro atoms. The van der Waals surface area contributed by atoms with Gasteiger partial charge in [-0.15, -0.1) is 0 Å². The Labute approximate surface area is 133 Å². The van der Waals surface area contributed by atoms with Crippen molar-refractivity contribution < 1.29 is 4.79 Å². The fourth-order valence-electron chi connectivity index (χ4n) is 2.44. The lowest BCUT2D eigenvalue weighted by molar-refractivity contribution is -0.120. The monoisotopic (exact) mass is 295 g/mol. The smallest absolute Gasteiger partial charge is 0.224 e. The van der Waals surface area contributed by atoms with E-state index in [9.17, 15) is 4.79 Å². The molecule has 2 rings (SSSR count). The first kappa shape index (κ1) is 16.3. The lowest BCUT2D eigenvalue weighted by atomic mass is 10.0. The molecule has 0 aliphatic rings. The molecule has 2 aromatic carbocycles. The molecule has 0 bridgehead atoms. The molecule has 0 heterocycles. The number of nitrogens with one attached hydrogen (secondary N) is 1. The van der Waals surface area contributed by atoms with Crippen molar-refractivity contribution in [2.75, 3.05) is 6.54 Å². The second-order valence-corrected chi connectivity index (χ2v) is 5.68. The number of amides is 1. The average molecular weight is 295 g/mol. The van der Waals surface area contributed by atoms with Crippen LogP contribution < -0.4 is 5.32 Å². The molecule has 0 saturated carbocycles. The maximum atomic E-state index is 11.9. The minimum Gasteiger partial charge on any atom is -0.355 e. The first-order chi connectivity index (χ1) is 10.8. The van der Waals surface area contributed by atoms with Crippen molar-refractivity contribution in [1.82, 2.24) is 5.32 Å². The molecule has 0 atom stereocenters. The number of carbonyl (C=O) groups excluding carboxylic acids is 1. The Kier molecular flexibility index (Phi) is 6.69. The number of benzene rings is 2. The second-order valence-electron chi connectivity index (χ2n) is 5.68. The Balaban J connectivity index is 1.72. The van der Waals surface area contributed by atoms with Crippen molar-refractivity contribution in [2.24, 2.45) is 0 Å². The van der Waals surface area contributed by atoms with Crippen LogP contribution in [0.1, 0.15) is 36.5 Å². The zero-order valence-corrected chi connectivity index (χ0v) is 13.3. The van der Waals surface area contributed by atoms with E-state index < -0.39 is 0 Å². The largest absolute Gasteiger partial charge is 0.355 e. The first-order valence-corrected chi connectivity index (χ1v) is 8.16. The quantitative estimate of drug-likeness (QED) is 0.785. The normalized spacial score (nSPS) is 10.4. The summed E-state index contributed by atoms with van der Waals surface area (Å²) in [5.41, 5.74) is 3.69. The van der Waals surface area contributed by atoms with Crippen molar-refractivity contribution in [3.63, 3.8) is 0 Å². The van der Waals surface area contributed by atoms with E-state index in [1.807, 2.05) is 18.2 Å². The highest BCUT2D eigenvalue weighted by atomic mass is 16.1. The summed E-state index contributed by atoms with van der Waals surface area (Å²) in [5.74, 6) is 0.0947. The van der Waals surface area contributed by atoms with Crippen LogP contribution in [0, 0.1) is 0 Å². The summed E-state index contributed by atoms with van der Waals surface area (Å²) in [4.78, 5) is 11.9. The summed E-state index contributed by atoms with van der Waals surface area (Å²) in [5, 5.41) is 2.99. The van der Waals surface area contributed by atoms with Crippen LogP contribution in [-0.2, 0) is 24.1 Å². The van der Waals surface area contributed by atoms with Crippen LogP contribution in [0.25, 0.3) is 0 Å². The third-order valence-corrected chi connectivity index (χ3v) is 3.79. The van der Waals surface area contributed by atoms with Crippen molar-refractivity contribution >= 4 is 5.91 Å². The third-order valence-electron chi connectivity index (χ3n) is 3.79. The lowest BCUT2D eigenvalue weighted by Gasteiger charge is -2.06. The van der Waals surface area contributed by atoms with Crippen molar-refractivity contribution in [1.29, 1.82) is 0 Å². The Morgan fingerprint density at radius 2 is 1.50 bits per heavy atom. The summed E-state index contributed by atoms with van der Waals surface area (Å²) >= 11 is 0. The standard InChI is InChI=1S/C20H25NO/c1-2-3-7-18-10-12-19(13-11-18)16-20(22)21-15-14-17-8-5-4-6-9-17/h4-6,8-13H,2-3,7,14-16H2,1H3,(H,21,22). The van der Waals surface area contributed by atoms with Crippen LogP contribution in [-0.4, -0.2) is 12.5 Å². The van der Waals surface area contributed by atoms with Crippen LogP contribution in [0.3, 0.4) is 0 Å². The first-order valence-electron chi connectivity index (χ1n) is 8.16. The van der Waals surface area contributed by atoms with E-state index in [2.05, 4.69) is 48.6 Å². The summed E-state index contributed by atoms with van der Waals surface area (Å²) < 4.78 is 0. The maximum Gasteiger partial charge on any atom is 0.224 e. The predicted octanol–water partition coefficient (Wildman–Crippen LogP) is 3.93. The van der Waals surface area contributed by atoms with Gasteiger partial charge in [-0.25, -0.2) is 0 Å². The average Bonchev–Trinajstić information content (AvgIpc) is 2.55. The molecule has 1 N–H and O–H groups in total. The van der Waals surface area contributed by atoms with E-state index in [4.69, 9.17) is 0 Å². The maximum absolute atomic E-state index is 11.9. The van der Waals surface area contributed by atoms with Crippen molar-refractivity contribution in [3.05, 3.63) is 71.3 Å². The molecule has 2 aromatic rings. The molecule has 2 heteroatoms. The number of hydrogen-bond donors (Lipinski definition) is 1. The minimum atomic E-state index is 0.0947. The van der Waals surface area contributed by atoms with Gasteiger partial charge < -0.3 is 5.32 Å². The van der Waals surface area contributed by atoms with Crippen molar-refractivity contribution in [2.45, 2.75) is 39.0 Å². The lowest BCUT2D eigenvalue weighted by Crippen LogP contribution is -2.27. The summed E-state index contributed by atoms with van der Waals surface area (Å²) in [7, 11) is 0. The molecule has 0 radical (unpaired) electrons. The van der Waals surface area contributed by atoms with Gasteiger partial charge in [-0.05, 0) is 36.0 Å². The molecule has 0 unspecified atom stereocenters. The molecule has 0 aliphatic heterocycles. The number of hydrogen-bond acceptors (Lipinski definition) is 1. The molecule has 116 valence electrons. The zero-order chi connectivity index (χ0) is 15.6. The van der Waals surface area contributed by atoms with Gasteiger partial charge in [0, 0.05) is 6.54 Å². The highest BCUT2D eigenvalue weighted by Gasteiger charge is 2.03. The SMILES string of the molecule is CCCCc1ccc(CC(=O)NCCc2ccccc2)cc1. The molecule has 22 heavy (non-hydrogen) atoms. The highest BCUT2D eigenvalue weighted by molar-refractivity contribution is 5.78. The summed E-state index contributed by atoms with van der Waals surface area (Å²) in [6.07, 6.45) is 4.90. The molecule has 0 saturated heterocycles. The molecular weight excluding hydrogens is 270 g/mol. The summed E-state index contributed by atoms with van der Waals surface area (Å²) in [6, 6.07) is 18.6. The van der Waals surface area contributed by atoms with Crippen molar-refractivity contribution in [3.8, 4) is 0 Å². The van der Waals surface area contributed by atoms with E-state index in [0.29, 0.717) is 13.0 Å². The Hall–Kier alpha value is -2.09. The number of rotatable bonds is 8. The zero-order valence-electron chi connectivity index (χ0n) is 13.3. The van der Waals surface area contributed by atoms with E-state index in [0.717, 1.165) is 18.4 Å². The molecule has 0 aliphatic carbocycles. The van der Waals surface area contributed by atoms with Crippen LogP contribution in [0.2, 0.25) is 0 Å². The Bertz CT molecular complexity index is 560. The fraction of sp³-hybridized carbons (Fsp3) is 0.350. The number of unbranched alkanes of at least 4 members (excludes halogenated alkanes) is 1. The fourth-order valence-corrected chi connectivity index (χ4v) is 2.44. The van der Waals surface area contributed by atoms with Crippen LogP contribution in [0.15, 0.2) is 54.6 Å². The topological polar surface area (TPSA) is 29.1 Å². The van der Waals surface area contributed by atoms with Crippen LogP contribution in [0.4, 0.5) is 0 Å². The van der Waals surface area contributed by atoms with Gasteiger partial charge in [0.25, 0.3) is 0 Å². The number of carbonyl (C=O) groups is 1. The second kappa shape index (κ2) is 9.04. The van der Waals surface area contributed by atoms with Crippen LogP contribution >= 0.6 is 0 Å². The van der Waals surface area contributed by atoms with Gasteiger partial charge in [-0.3, -0.25) is 4.79 Å². The number of aryl methyl sites for hydroxylation is 1. The van der Waals surface area contributed by atoms with Gasteiger partial charge in [0.1, 0.15) is 0 Å². The Morgan fingerprint density at radius 3 is 2.18 bits per heavy atom. The van der Waals surface area contributed by atoms with Gasteiger partial charge in [-0.1, -0.05) is 67.9 Å². The predicted molar refractivity (Wildman–Crippen MR) is 91.9 cm³/mol. The summed E-state index contributed by atoms with van der Waals surface area (Å²) in [6.45, 7) is 2.89. The van der Waals surface area contributed by atoms with Gasteiger partial charge in [0.15, 0.2) is 0 Å². The van der Waals surface area contributed by atoms with Gasteiger partial charge in [-0.2, -0.15) is 0 Å². The molecule has 0 fully saturated rings. The minimum absolute atomic E-state index is 0.0947. The Morgan fingerprint density at radius 1 is 0.864 bits per heavy atom. The van der Waals surface area contributed by atoms with Gasteiger partial charge in [0.05, 0.1) is 6.42 Å². The molecule has 0 aromatic heterocycles. The molecule has 2 nitrogen and oxygen atoms in total. The van der Waals surface area contributed by atoms with E-state index in [-0.39, 0.29) is 5.91 Å². The highest BCUT2D eigenvalue weighted by Crippen LogP contribution is 2.08. The molecule has 1 amide bonds. The molecular formula is C20H25NO. The van der Waals surface area contributed by atoms with E-state index >= 15 is 0 Å².